The predicted molar refractivity (Wildman–Crippen MR) is 77.9 cm³/mol. The lowest BCUT2D eigenvalue weighted by molar-refractivity contribution is 0.560. The van der Waals surface area contributed by atoms with Crippen molar-refractivity contribution in [2.45, 2.75) is 25.5 Å². The summed E-state index contributed by atoms with van der Waals surface area (Å²) in [4.78, 5) is 8.01. The number of aliphatic imine (C=N–C) groups is 1. The topological polar surface area (TPSA) is 97.4 Å². The van der Waals surface area contributed by atoms with Crippen LogP contribution in [0.2, 0.25) is 0 Å². The number of aromatic nitrogens is 1. The first-order chi connectivity index (χ1) is 8.72. The van der Waals surface area contributed by atoms with Gasteiger partial charge in [0.2, 0.25) is 0 Å². The van der Waals surface area contributed by atoms with Crippen LogP contribution in [0.3, 0.4) is 0 Å². The Hall–Kier alpha value is -1.63. The van der Waals surface area contributed by atoms with Gasteiger partial charge in [-0.25, -0.2) is 13.4 Å². The Bertz CT molecular complexity index is 533. The molecule has 0 aliphatic heterocycles. The Morgan fingerprint density at radius 3 is 2.63 bits per heavy atom. The summed E-state index contributed by atoms with van der Waals surface area (Å²) in [5, 5.41) is 2.79. The molecule has 0 aromatic carbocycles. The SMILES string of the molecule is CC(C)(C)S(=O)(=O)CCN=C(N)Nc1ccccn1. The van der Waals surface area contributed by atoms with Gasteiger partial charge in [-0.1, -0.05) is 6.07 Å². The van der Waals surface area contributed by atoms with E-state index in [1.807, 2.05) is 6.07 Å². The number of rotatable bonds is 4. The van der Waals surface area contributed by atoms with Crippen LogP contribution in [0.25, 0.3) is 0 Å². The van der Waals surface area contributed by atoms with Crippen LogP contribution >= 0.6 is 0 Å². The summed E-state index contributed by atoms with van der Waals surface area (Å²) in [5.74, 6) is 0.700. The van der Waals surface area contributed by atoms with E-state index in [4.69, 9.17) is 5.73 Å². The summed E-state index contributed by atoms with van der Waals surface area (Å²) < 4.78 is 22.9. The van der Waals surface area contributed by atoms with E-state index in [0.29, 0.717) is 5.82 Å². The van der Waals surface area contributed by atoms with Gasteiger partial charge in [0.05, 0.1) is 17.0 Å². The molecule has 1 heterocycles. The number of anilines is 1. The molecule has 0 fully saturated rings. The maximum Gasteiger partial charge on any atom is 0.194 e. The fraction of sp³-hybridized carbons (Fsp3) is 0.500. The van der Waals surface area contributed by atoms with Gasteiger partial charge in [-0.15, -0.1) is 0 Å². The minimum absolute atomic E-state index is 0.0267. The van der Waals surface area contributed by atoms with E-state index >= 15 is 0 Å². The molecule has 0 amide bonds. The second-order valence-electron chi connectivity index (χ2n) is 5.04. The Labute approximate surface area is 114 Å². The fourth-order valence-corrected chi connectivity index (χ4v) is 2.14. The number of hydrogen-bond donors (Lipinski definition) is 2. The first-order valence-electron chi connectivity index (χ1n) is 5.93. The van der Waals surface area contributed by atoms with E-state index in [1.165, 1.54) is 0 Å². The molecule has 0 bridgehead atoms. The number of nitrogens with one attached hydrogen (secondary N) is 1. The van der Waals surface area contributed by atoms with Gasteiger partial charge in [0, 0.05) is 6.20 Å². The van der Waals surface area contributed by atoms with Crippen molar-refractivity contribution in [2.24, 2.45) is 10.7 Å². The molecule has 1 rings (SSSR count). The largest absolute Gasteiger partial charge is 0.370 e. The van der Waals surface area contributed by atoms with Crippen LogP contribution in [0.5, 0.6) is 0 Å². The Balaban J connectivity index is 2.54. The predicted octanol–water partition coefficient (Wildman–Crippen LogP) is 1.02. The number of pyridine rings is 1. The van der Waals surface area contributed by atoms with E-state index in [-0.39, 0.29) is 18.3 Å². The average molecular weight is 284 g/mol. The summed E-state index contributed by atoms with van der Waals surface area (Å²) in [6.45, 7) is 5.13. The number of sulfone groups is 1. The monoisotopic (exact) mass is 284 g/mol. The molecule has 3 N–H and O–H groups in total. The lowest BCUT2D eigenvalue weighted by Crippen LogP contribution is -2.32. The lowest BCUT2D eigenvalue weighted by Gasteiger charge is -2.18. The van der Waals surface area contributed by atoms with Gasteiger partial charge in [0.15, 0.2) is 15.8 Å². The summed E-state index contributed by atoms with van der Waals surface area (Å²) in [7, 11) is -3.17. The molecule has 0 unspecified atom stereocenters. The first-order valence-corrected chi connectivity index (χ1v) is 7.58. The molecule has 0 aliphatic carbocycles. The summed E-state index contributed by atoms with van der Waals surface area (Å²) in [6.07, 6.45) is 1.62. The highest BCUT2D eigenvalue weighted by Gasteiger charge is 2.28. The molecule has 6 nitrogen and oxygen atoms in total. The van der Waals surface area contributed by atoms with Crippen molar-refractivity contribution in [3.05, 3.63) is 24.4 Å². The van der Waals surface area contributed by atoms with E-state index in [2.05, 4.69) is 15.3 Å². The van der Waals surface area contributed by atoms with E-state index in [0.717, 1.165) is 0 Å². The van der Waals surface area contributed by atoms with E-state index < -0.39 is 14.6 Å². The summed E-state index contributed by atoms with van der Waals surface area (Å²) in [5.41, 5.74) is 5.65. The third-order valence-corrected chi connectivity index (χ3v) is 5.08. The number of nitrogens with two attached hydrogens (primary N) is 1. The van der Waals surface area contributed by atoms with Crippen molar-refractivity contribution in [1.29, 1.82) is 0 Å². The number of nitrogens with zero attached hydrogens (tertiary/aromatic N) is 2. The molecule has 1 aromatic heterocycles. The van der Waals surface area contributed by atoms with Crippen molar-refractivity contribution < 1.29 is 8.42 Å². The van der Waals surface area contributed by atoms with Gasteiger partial charge in [-0.2, -0.15) is 0 Å². The summed E-state index contributed by atoms with van der Waals surface area (Å²) in [6, 6.07) is 5.34. The zero-order valence-electron chi connectivity index (χ0n) is 11.4. The van der Waals surface area contributed by atoms with Gasteiger partial charge >= 0.3 is 0 Å². The average Bonchev–Trinajstić information content (AvgIpc) is 2.28. The van der Waals surface area contributed by atoms with Gasteiger partial charge in [-0.3, -0.25) is 4.99 Å². The highest BCUT2D eigenvalue weighted by molar-refractivity contribution is 7.92. The van der Waals surface area contributed by atoms with Crippen LogP contribution in [-0.4, -0.2) is 36.4 Å². The van der Waals surface area contributed by atoms with Gasteiger partial charge in [0.25, 0.3) is 0 Å². The van der Waals surface area contributed by atoms with Crippen molar-refractivity contribution in [1.82, 2.24) is 4.98 Å². The van der Waals surface area contributed by atoms with Crippen LogP contribution in [-0.2, 0) is 9.84 Å². The zero-order valence-corrected chi connectivity index (χ0v) is 12.2. The van der Waals surface area contributed by atoms with E-state index in [1.54, 1.807) is 39.1 Å². The smallest absolute Gasteiger partial charge is 0.194 e. The third-order valence-electron chi connectivity index (χ3n) is 2.50. The molecule has 106 valence electrons. The van der Waals surface area contributed by atoms with Gasteiger partial charge in [0.1, 0.15) is 5.82 Å². The third kappa shape index (κ3) is 4.86. The molecular formula is C12H20N4O2S. The van der Waals surface area contributed by atoms with Gasteiger partial charge < -0.3 is 11.1 Å². The quantitative estimate of drug-likeness (QED) is 0.635. The zero-order chi connectivity index (χ0) is 14.5. The van der Waals surface area contributed by atoms with Crippen LogP contribution in [0.1, 0.15) is 20.8 Å². The van der Waals surface area contributed by atoms with Gasteiger partial charge in [-0.05, 0) is 32.9 Å². The molecule has 19 heavy (non-hydrogen) atoms. The first kappa shape index (κ1) is 15.4. The molecule has 0 saturated heterocycles. The maximum absolute atomic E-state index is 11.8. The number of hydrogen-bond acceptors (Lipinski definition) is 4. The van der Waals surface area contributed by atoms with Crippen LogP contribution in [0.4, 0.5) is 5.82 Å². The minimum Gasteiger partial charge on any atom is -0.370 e. The molecule has 0 aliphatic rings. The fourth-order valence-electron chi connectivity index (χ4n) is 1.20. The van der Waals surface area contributed by atoms with Crippen molar-refractivity contribution in [3.8, 4) is 0 Å². The van der Waals surface area contributed by atoms with Crippen molar-refractivity contribution >= 4 is 21.6 Å². The van der Waals surface area contributed by atoms with Crippen LogP contribution in [0.15, 0.2) is 29.4 Å². The maximum atomic E-state index is 11.8. The molecule has 0 spiro atoms. The Morgan fingerprint density at radius 1 is 1.42 bits per heavy atom. The van der Waals surface area contributed by atoms with Crippen molar-refractivity contribution in [2.75, 3.05) is 17.6 Å². The lowest BCUT2D eigenvalue weighted by atomic mass is 10.3. The molecule has 7 heteroatoms. The molecular weight excluding hydrogens is 264 g/mol. The standard InChI is InChI=1S/C12H20N4O2S/c1-12(2,3)19(17,18)9-8-15-11(13)16-10-6-4-5-7-14-10/h4-7H,8-9H2,1-3H3,(H3,13,14,15,16). The Morgan fingerprint density at radius 2 is 2.11 bits per heavy atom. The summed E-state index contributed by atoms with van der Waals surface area (Å²) >= 11 is 0. The molecule has 0 radical (unpaired) electrons. The Kier molecular flexibility index (Phi) is 4.88. The highest BCUT2D eigenvalue weighted by Crippen LogP contribution is 2.15. The van der Waals surface area contributed by atoms with Crippen LogP contribution < -0.4 is 11.1 Å². The number of guanidine groups is 1. The molecule has 0 atom stereocenters. The van der Waals surface area contributed by atoms with Crippen molar-refractivity contribution in [3.63, 3.8) is 0 Å². The van der Waals surface area contributed by atoms with E-state index in [9.17, 15) is 8.42 Å². The molecule has 0 saturated carbocycles. The normalized spacial score (nSPS) is 13.3. The van der Waals surface area contributed by atoms with Crippen LogP contribution in [0, 0.1) is 0 Å². The second-order valence-corrected chi connectivity index (χ2v) is 7.90. The molecule has 1 aromatic rings. The highest BCUT2D eigenvalue weighted by atomic mass is 32.2. The second kappa shape index (κ2) is 6.01. The minimum atomic E-state index is -3.17.